The van der Waals surface area contributed by atoms with Crippen LogP contribution in [0.15, 0.2) is 36.4 Å². The smallest absolute Gasteiger partial charge is 0.213 e. The number of aromatic nitrogens is 1. The molecule has 0 unspecified atom stereocenters. The summed E-state index contributed by atoms with van der Waals surface area (Å²) in [4.78, 5) is 6.79. The first-order chi connectivity index (χ1) is 9.26. The summed E-state index contributed by atoms with van der Waals surface area (Å²) >= 11 is 0. The fraction of sp³-hybridized carbons (Fsp3) is 0.267. The predicted octanol–water partition coefficient (Wildman–Crippen LogP) is 2.24. The molecule has 1 aliphatic heterocycles. The molecule has 0 radical (unpaired) electrons. The molecule has 0 aliphatic carbocycles. The molecule has 0 bridgehead atoms. The van der Waals surface area contributed by atoms with Crippen LogP contribution in [-0.4, -0.2) is 18.6 Å². The Kier molecular flexibility index (Phi) is 2.99. The molecule has 0 fully saturated rings. The van der Waals surface area contributed by atoms with Crippen molar-refractivity contribution in [3.05, 3.63) is 47.7 Å². The monoisotopic (exact) mass is 255 g/mol. The van der Waals surface area contributed by atoms with Gasteiger partial charge < -0.3 is 15.4 Å². The van der Waals surface area contributed by atoms with E-state index in [-0.39, 0.29) is 0 Å². The van der Waals surface area contributed by atoms with E-state index in [4.69, 9.17) is 10.5 Å². The molecule has 0 spiro atoms. The molecule has 0 saturated carbocycles. The summed E-state index contributed by atoms with van der Waals surface area (Å²) in [6.45, 7) is 1.81. The topological polar surface area (TPSA) is 51.4 Å². The van der Waals surface area contributed by atoms with E-state index < -0.39 is 0 Å². The minimum Gasteiger partial charge on any atom is -0.481 e. The van der Waals surface area contributed by atoms with E-state index in [0.29, 0.717) is 5.88 Å². The molecule has 19 heavy (non-hydrogen) atoms. The average Bonchev–Trinajstić information content (AvgIpc) is 2.81. The third kappa shape index (κ3) is 2.34. The van der Waals surface area contributed by atoms with E-state index in [1.165, 1.54) is 11.3 Å². The number of methoxy groups -OCH3 is 1. The van der Waals surface area contributed by atoms with Gasteiger partial charge in [-0.1, -0.05) is 6.07 Å². The maximum atomic E-state index is 5.82. The maximum absolute atomic E-state index is 5.82. The largest absolute Gasteiger partial charge is 0.481 e. The molecule has 1 aromatic carbocycles. The van der Waals surface area contributed by atoms with E-state index in [1.807, 2.05) is 24.3 Å². The van der Waals surface area contributed by atoms with Crippen LogP contribution in [0.1, 0.15) is 11.3 Å². The van der Waals surface area contributed by atoms with Crippen molar-refractivity contribution in [2.24, 2.45) is 0 Å². The second kappa shape index (κ2) is 4.80. The third-order valence-corrected chi connectivity index (χ3v) is 3.44. The van der Waals surface area contributed by atoms with Gasteiger partial charge in [-0.05, 0) is 36.2 Å². The highest BCUT2D eigenvalue weighted by Crippen LogP contribution is 2.30. The van der Waals surface area contributed by atoms with E-state index in [0.717, 1.165) is 30.9 Å². The van der Waals surface area contributed by atoms with Crippen LogP contribution in [0, 0.1) is 0 Å². The predicted molar refractivity (Wildman–Crippen MR) is 76.4 cm³/mol. The molecule has 2 heterocycles. The van der Waals surface area contributed by atoms with Crippen LogP contribution in [0.3, 0.4) is 0 Å². The zero-order valence-electron chi connectivity index (χ0n) is 11.0. The van der Waals surface area contributed by atoms with Gasteiger partial charge >= 0.3 is 0 Å². The van der Waals surface area contributed by atoms with Crippen LogP contribution in [-0.2, 0) is 13.0 Å². The summed E-state index contributed by atoms with van der Waals surface area (Å²) in [5, 5.41) is 0. The van der Waals surface area contributed by atoms with Crippen molar-refractivity contribution in [1.29, 1.82) is 0 Å². The molecule has 0 saturated heterocycles. The lowest BCUT2D eigenvalue weighted by atomic mass is 10.1. The normalized spacial score (nSPS) is 13.4. The molecule has 4 nitrogen and oxygen atoms in total. The number of anilines is 2. The summed E-state index contributed by atoms with van der Waals surface area (Å²) in [5.74, 6) is 0.661. The highest BCUT2D eigenvalue weighted by atomic mass is 16.5. The van der Waals surface area contributed by atoms with E-state index in [2.05, 4.69) is 22.0 Å². The number of fused-ring (bicyclic) bond motifs is 1. The van der Waals surface area contributed by atoms with Gasteiger partial charge in [0.05, 0.1) is 19.3 Å². The molecule has 98 valence electrons. The molecular weight excluding hydrogens is 238 g/mol. The van der Waals surface area contributed by atoms with Crippen LogP contribution in [0.2, 0.25) is 0 Å². The number of benzene rings is 1. The lowest BCUT2D eigenvalue weighted by molar-refractivity contribution is 0.396. The van der Waals surface area contributed by atoms with Gasteiger partial charge in [-0.3, -0.25) is 0 Å². The highest BCUT2D eigenvalue weighted by Gasteiger charge is 2.19. The first-order valence-corrected chi connectivity index (χ1v) is 6.39. The van der Waals surface area contributed by atoms with Crippen molar-refractivity contribution < 1.29 is 4.74 Å². The van der Waals surface area contributed by atoms with Gasteiger partial charge in [-0.2, -0.15) is 0 Å². The summed E-state index contributed by atoms with van der Waals surface area (Å²) in [5.41, 5.74) is 10.3. The second-order valence-corrected chi connectivity index (χ2v) is 4.73. The summed E-state index contributed by atoms with van der Waals surface area (Å²) in [6.07, 6.45) is 1.05. The van der Waals surface area contributed by atoms with Crippen LogP contribution >= 0.6 is 0 Å². The van der Waals surface area contributed by atoms with Crippen LogP contribution in [0.4, 0.5) is 11.4 Å². The summed E-state index contributed by atoms with van der Waals surface area (Å²) in [6, 6.07) is 12.0. The Morgan fingerprint density at radius 1 is 1.32 bits per heavy atom. The SMILES string of the molecule is COc1cccc(CN2CCc3cc(N)ccc32)n1. The number of ether oxygens (including phenoxy) is 1. The number of nitrogens with two attached hydrogens (primary N) is 1. The Hall–Kier alpha value is -2.23. The highest BCUT2D eigenvalue weighted by molar-refractivity contribution is 5.63. The van der Waals surface area contributed by atoms with Gasteiger partial charge in [0.15, 0.2) is 0 Å². The minimum atomic E-state index is 0.661. The van der Waals surface area contributed by atoms with Crippen LogP contribution < -0.4 is 15.4 Å². The average molecular weight is 255 g/mol. The lowest BCUT2D eigenvalue weighted by Crippen LogP contribution is -2.20. The van der Waals surface area contributed by atoms with E-state index in [1.54, 1.807) is 7.11 Å². The number of hydrogen-bond donors (Lipinski definition) is 1. The fourth-order valence-corrected chi connectivity index (χ4v) is 2.51. The number of rotatable bonds is 3. The van der Waals surface area contributed by atoms with Crippen molar-refractivity contribution in [2.45, 2.75) is 13.0 Å². The zero-order chi connectivity index (χ0) is 13.2. The maximum Gasteiger partial charge on any atom is 0.213 e. The molecule has 4 heteroatoms. The number of hydrogen-bond acceptors (Lipinski definition) is 4. The van der Waals surface area contributed by atoms with Crippen molar-refractivity contribution in [2.75, 3.05) is 24.3 Å². The van der Waals surface area contributed by atoms with Gasteiger partial charge in [0.1, 0.15) is 0 Å². The van der Waals surface area contributed by atoms with Gasteiger partial charge in [0, 0.05) is 24.0 Å². The molecule has 1 aliphatic rings. The molecule has 1 aromatic heterocycles. The molecule has 3 rings (SSSR count). The second-order valence-electron chi connectivity index (χ2n) is 4.73. The quantitative estimate of drug-likeness (QED) is 0.855. The van der Waals surface area contributed by atoms with E-state index >= 15 is 0 Å². The van der Waals surface area contributed by atoms with Crippen molar-refractivity contribution >= 4 is 11.4 Å². The van der Waals surface area contributed by atoms with Gasteiger partial charge in [0.25, 0.3) is 0 Å². The fourth-order valence-electron chi connectivity index (χ4n) is 2.51. The van der Waals surface area contributed by atoms with Crippen molar-refractivity contribution in [3.63, 3.8) is 0 Å². The Morgan fingerprint density at radius 2 is 2.21 bits per heavy atom. The zero-order valence-corrected chi connectivity index (χ0v) is 11.0. The third-order valence-electron chi connectivity index (χ3n) is 3.44. The summed E-state index contributed by atoms with van der Waals surface area (Å²) in [7, 11) is 1.64. The Bertz CT molecular complexity index is 598. The number of nitrogens with zero attached hydrogens (tertiary/aromatic N) is 2. The minimum absolute atomic E-state index is 0.661. The molecule has 2 N–H and O–H groups in total. The first kappa shape index (κ1) is 11.8. The van der Waals surface area contributed by atoms with Crippen molar-refractivity contribution in [3.8, 4) is 5.88 Å². The molecular formula is C15H17N3O. The standard InChI is InChI=1S/C15H17N3O/c1-19-15-4-2-3-13(17-15)10-18-8-7-11-9-12(16)5-6-14(11)18/h2-6,9H,7-8,10,16H2,1H3. The van der Waals surface area contributed by atoms with Crippen molar-refractivity contribution in [1.82, 2.24) is 4.98 Å². The molecule has 2 aromatic rings. The van der Waals surface area contributed by atoms with Gasteiger partial charge in [-0.25, -0.2) is 4.98 Å². The first-order valence-electron chi connectivity index (χ1n) is 6.39. The molecule has 0 atom stereocenters. The van der Waals surface area contributed by atoms with Crippen LogP contribution in [0.25, 0.3) is 0 Å². The van der Waals surface area contributed by atoms with Crippen LogP contribution in [0.5, 0.6) is 5.88 Å². The lowest BCUT2D eigenvalue weighted by Gasteiger charge is -2.19. The Labute approximate surface area is 112 Å². The number of pyridine rings is 1. The Balaban J connectivity index is 1.82. The Morgan fingerprint density at radius 3 is 3.05 bits per heavy atom. The van der Waals surface area contributed by atoms with Gasteiger partial charge in [0.2, 0.25) is 5.88 Å². The summed E-state index contributed by atoms with van der Waals surface area (Å²) < 4.78 is 5.16. The van der Waals surface area contributed by atoms with Gasteiger partial charge in [-0.15, -0.1) is 0 Å². The molecule has 0 amide bonds. The van der Waals surface area contributed by atoms with E-state index in [9.17, 15) is 0 Å². The number of nitrogen functional groups attached to an aromatic ring is 1.